The first-order chi connectivity index (χ1) is 22.8. The Balaban J connectivity index is 1.40. The van der Waals surface area contributed by atoms with Gasteiger partial charge >= 0.3 is 5.97 Å². The molecule has 8 nitrogen and oxygen atoms in total. The van der Waals surface area contributed by atoms with Crippen LogP contribution in [0.5, 0.6) is 5.75 Å². The van der Waals surface area contributed by atoms with Crippen LogP contribution in [0.25, 0.3) is 22.5 Å². The summed E-state index contributed by atoms with van der Waals surface area (Å²) in [5.74, 6) is -0.331. The van der Waals surface area contributed by atoms with Gasteiger partial charge < -0.3 is 15.2 Å². The molecule has 48 heavy (non-hydrogen) atoms. The van der Waals surface area contributed by atoms with E-state index in [4.69, 9.17) is 4.74 Å². The van der Waals surface area contributed by atoms with Crippen LogP contribution in [-0.2, 0) is 21.4 Å². The van der Waals surface area contributed by atoms with Crippen LogP contribution < -0.4 is 10.1 Å². The third-order valence-corrected chi connectivity index (χ3v) is 9.68. The van der Waals surface area contributed by atoms with Crippen molar-refractivity contribution in [3.05, 3.63) is 88.4 Å². The second-order valence-corrected chi connectivity index (χ2v) is 14.8. The number of amides is 1. The molecule has 0 saturated heterocycles. The van der Waals surface area contributed by atoms with Gasteiger partial charge in [-0.05, 0) is 72.9 Å². The van der Waals surface area contributed by atoms with E-state index < -0.39 is 23.8 Å². The molecule has 254 valence electrons. The summed E-state index contributed by atoms with van der Waals surface area (Å²) in [6.07, 6.45) is 7.27. The number of nitrogens with zero attached hydrogens (tertiary/aromatic N) is 2. The molecule has 1 amide bonds. The lowest BCUT2D eigenvalue weighted by atomic mass is 9.92. The number of unbranched alkanes of at least 4 members (excludes halogenated alkanes) is 1. The van der Waals surface area contributed by atoms with Gasteiger partial charge in [-0.2, -0.15) is 0 Å². The molecule has 2 aromatic heterocycles. The lowest BCUT2D eigenvalue weighted by molar-refractivity contribution is -0.141. The molecule has 0 spiro atoms. The standard InChI is InChI=1S/C39H47N3O5S/c1-25(2)9-7-8-20-47-32-16-14-28(15-17-32)31-23-40-36(41-24-31)29-12-10-27(11-13-29)21-30(37(44)42-26(3)38(45)46)22-33(43)34-18-19-35(48-34)39(4,5)6/h10-19,23-26,30H,7-9,20-22H2,1-6H3,(H,42,44)(H,45,46)/t26-,30-/m1/s1. The van der Waals surface area contributed by atoms with Gasteiger partial charge in [-0.15, -0.1) is 11.3 Å². The van der Waals surface area contributed by atoms with E-state index in [1.807, 2.05) is 60.7 Å². The number of carbonyl (C=O) groups excluding carboxylic acids is 2. The SMILES string of the molecule is CC(C)CCCCOc1ccc(-c2cnc(-c3ccc(C[C@H](CC(=O)c4ccc(C(C)(C)C)s4)C(=O)N[C@H](C)C(=O)O)cc3)nc2)cc1. The lowest BCUT2D eigenvalue weighted by Gasteiger charge is -2.18. The molecule has 0 aliphatic rings. The first kappa shape index (κ1) is 36.5. The number of benzene rings is 2. The summed E-state index contributed by atoms with van der Waals surface area (Å²) in [6, 6.07) is 18.2. The van der Waals surface area contributed by atoms with Crippen molar-refractivity contribution in [2.75, 3.05) is 6.61 Å². The fraction of sp³-hybridized carbons (Fsp3) is 0.410. The van der Waals surface area contributed by atoms with Crippen molar-refractivity contribution < 1.29 is 24.2 Å². The summed E-state index contributed by atoms with van der Waals surface area (Å²) in [7, 11) is 0. The molecule has 0 aliphatic heterocycles. The molecule has 4 rings (SSSR count). The smallest absolute Gasteiger partial charge is 0.325 e. The number of ketones is 1. The third kappa shape index (κ3) is 10.6. The minimum absolute atomic E-state index is 0.0278. The van der Waals surface area contributed by atoms with E-state index >= 15 is 0 Å². The van der Waals surface area contributed by atoms with Gasteiger partial charge in [-0.3, -0.25) is 14.4 Å². The Morgan fingerprint density at radius 3 is 2.08 bits per heavy atom. The number of thiophene rings is 1. The Hall–Kier alpha value is -4.37. The van der Waals surface area contributed by atoms with Crippen molar-refractivity contribution in [2.24, 2.45) is 11.8 Å². The van der Waals surface area contributed by atoms with Crippen molar-refractivity contribution in [2.45, 2.75) is 85.1 Å². The van der Waals surface area contributed by atoms with Gasteiger partial charge in [0.05, 0.1) is 11.5 Å². The number of rotatable bonds is 16. The van der Waals surface area contributed by atoms with Crippen LogP contribution >= 0.6 is 11.3 Å². The van der Waals surface area contributed by atoms with Crippen molar-refractivity contribution in [1.29, 1.82) is 0 Å². The fourth-order valence-electron chi connectivity index (χ4n) is 5.15. The number of carboxylic acids is 1. The zero-order valence-corrected chi connectivity index (χ0v) is 29.6. The van der Waals surface area contributed by atoms with Crippen molar-refractivity contribution >= 4 is 29.0 Å². The summed E-state index contributed by atoms with van der Waals surface area (Å²) in [4.78, 5) is 48.7. The molecule has 0 bridgehead atoms. The molecular formula is C39H47N3O5S. The monoisotopic (exact) mass is 669 g/mol. The molecule has 0 aliphatic carbocycles. The van der Waals surface area contributed by atoms with Gasteiger partial charge in [0.1, 0.15) is 11.8 Å². The summed E-state index contributed by atoms with van der Waals surface area (Å²) < 4.78 is 5.89. The van der Waals surface area contributed by atoms with Crippen LogP contribution in [0, 0.1) is 11.8 Å². The van der Waals surface area contributed by atoms with E-state index in [0.29, 0.717) is 17.3 Å². The average molecular weight is 670 g/mol. The maximum absolute atomic E-state index is 13.3. The molecule has 0 fully saturated rings. The van der Waals surface area contributed by atoms with Gasteiger partial charge in [0, 0.05) is 40.7 Å². The van der Waals surface area contributed by atoms with Crippen LogP contribution in [0.4, 0.5) is 0 Å². The van der Waals surface area contributed by atoms with Gasteiger partial charge in [0.15, 0.2) is 11.6 Å². The predicted molar refractivity (Wildman–Crippen MR) is 191 cm³/mol. The highest BCUT2D eigenvalue weighted by atomic mass is 32.1. The minimum Gasteiger partial charge on any atom is -0.494 e. The molecule has 0 unspecified atom stereocenters. The van der Waals surface area contributed by atoms with Crippen LogP contribution in [0.1, 0.15) is 87.3 Å². The van der Waals surface area contributed by atoms with E-state index in [1.165, 1.54) is 31.1 Å². The van der Waals surface area contributed by atoms with E-state index in [2.05, 4.69) is 49.9 Å². The summed E-state index contributed by atoms with van der Waals surface area (Å²) in [6.45, 7) is 12.9. The molecule has 0 saturated carbocycles. The summed E-state index contributed by atoms with van der Waals surface area (Å²) >= 11 is 1.44. The van der Waals surface area contributed by atoms with Gasteiger partial charge in [-0.1, -0.05) is 77.4 Å². The second-order valence-electron chi connectivity index (χ2n) is 13.8. The Bertz CT molecular complexity index is 1660. The molecule has 4 aromatic rings. The van der Waals surface area contributed by atoms with Crippen LogP contribution in [0.2, 0.25) is 0 Å². The van der Waals surface area contributed by atoms with E-state index in [-0.39, 0.29) is 24.0 Å². The number of carbonyl (C=O) groups is 3. The Morgan fingerprint density at radius 2 is 1.50 bits per heavy atom. The van der Waals surface area contributed by atoms with Gasteiger partial charge in [-0.25, -0.2) is 9.97 Å². The van der Waals surface area contributed by atoms with Crippen LogP contribution in [0.3, 0.4) is 0 Å². The molecular weight excluding hydrogens is 623 g/mol. The average Bonchev–Trinajstić information content (AvgIpc) is 3.57. The number of Topliss-reactive ketones (excluding diaryl/α,β-unsaturated/α-hetero) is 1. The number of hydrogen-bond donors (Lipinski definition) is 2. The van der Waals surface area contributed by atoms with Crippen molar-refractivity contribution in [3.63, 3.8) is 0 Å². The first-order valence-corrected chi connectivity index (χ1v) is 17.4. The van der Waals surface area contributed by atoms with Crippen LogP contribution in [0.15, 0.2) is 73.1 Å². The van der Waals surface area contributed by atoms with E-state index in [0.717, 1.165) is 45.2 Å². The number of hydrogen-bond acceptors (Lipinski definition) is 7. The zero-order valence-electron chi connectivity index (χ0n) is 28.8. The minimum atomic E-state index is -1.13. The first-order valence-electron chi connectivity index (χ1n) is 16.6. The number of aliphatic carboxylic acids is 1. The number of carboxylic acid groups (broad SMARTS) is 1. The van der Waals surface area contributed by atoms with E-state index in [1.54, 1.807) is 12.4 Å². The summed E-state index contributed by atoms with van der Waals surface area (Å²) in [5, 5.41) is 11.9. The molecule has 0 radical (unpaired) electrons. The van der Waals surface area contributed by atoms with Crippen molar-refractivity contribution in [1.82, 2.24) is 15.3 Å². The second kappa shape index (κ2) is 16.6. The maximum Gasteiger partial charge on any atom is 0.325 e. The fourth-order valence-corrected chi connectivity index (χ4v) is 6.17. The lowest BCUT2D eigenvalue weighted by Crippen LogP contribution is -2.42. The van der Waals surface area contributed by atoms with E-state index in [9.17, 15) is 19.5 Å². The molecule has 2 N–H and O–H groups in total. The number of ether oxygens (including phenoxy) is 1. The normalized spacial score (nSPS) is 12.8. The van der Waals surface area contributed by atoms with Gasteiger partial charge in [0.25, 0.3) is 0 Å². The number of nitrogens with one attached hydrogen (secondary N) is 1. The maximum atomic E-state index is 13.3. The zero-order chi connectivity index (χ0) is 34.8. The highest BCUT2D eigenvalue weighted by Crippen LogP contribution is 2.31. The third-order valence-electron chi connectivity index (χ3n) is 8.13. The highest BCUT2D eigenvalue weighted by molar-refractivity contribution is 7.14. The molecule has 9 heteroatoms. The molecule has 2 aromatic carbocycles. The predicted octanol–water partition coefficient (Wildman–Crippen LogP) is 8.40. The highest BCUT2D eigenvalue weighted by Gasteiger charge is 2.27. The quantitative estimate of drug-likeness (QED) is 0.0909. The van der Waals surface area contributed by atoms with Crippen molar-refractivity contribution in [3.8, 4) is 28.3 Å². The Labute approximate surface area is 288 Å². The molecule has 2 heterocycles. The topological polar surface area (TPSA) is 118 Å². The molecule has 2 atom stereocenters. The largest absolute Gasteiger partial charge is 0.494 e. The summed E-state index contributed by atoms with van der Waals surface area (Å²) in [5.41, 5.74) is 3.47. The van der Waals surface area contributed by atoms with Gasteiger partial charge in [0.2, 0.25) is 5.91 Å². The Kier molecular flexibility index (Phi) is 12.6. The Morgan fingerprint density at radius 1 is 0.854 bits per heavy atom. The van der Waals surface area contributed by atoms with Crippen LogP contribution in [-0.4, -0.2) is 45.4 Å². The number of aromatic nitrogens is 2.